The molecular weight excluding hydrogens is 332 g/mol. The summed E-state index contributed by atoms with van der Waals surface area (Å²) < 4.78 is 0. The van der Waals surface area contributed by atoms with Gasteiger partial charge in [0, 0.05) is 7.05 Å². The number of hydrogen-bond donors (Lipinski definition) is 1. The molecule has 0 aliphatic carbocycles. The fourth-order valence-corrected chi connectivity index (χ4v) is 4.42. The summed E-state index contributed by atoms with van der Waals surface area (Å²) >= 11 is 0. The maximum absolute atomic E-state index is 4.20. The van der Waals surface area contributed by atoms with E-state index in [1.807, 2.05) is 11.5 Å². The molecule has 0 fully saturated rings. The second-order valence-corrected chi connectivity index (χ2v) is 8.49. The number of nitrogens with zero attached hydrogens (tertiary/aromatic N) is 3. The van der Waals surface area contributed by atoms with E-state index in [4.69, 9.17) is 0 Å². The monoisotopic (exact) mass is 380 g/mol. The number of hydrazone groups is 1. The van der Waals surface area contributed by atoms with Crippen LogP contribution in [0.2, 0.25) is 0 Å². The molecule has 0 bridgehead atoms. The molecule has 4 nitrogen and oxygen atoms in total. The average Bonchev–Trinajstić information content (AvgIpc) is 3.12. The third-order valence-electron chi connectivity index (χ3n) is 6.49. The molecule has 4 heteroatoms. The van der Waals surface area contributed by atoms with Crippen LogP contribution in [0.3, 0.4) is 0 Å². The SMILES string of the molecule is CCCCCCCCCCCCCCCCC(CC)(CC)N1C=NNN1C. The van der Waals surface area contributed by atoms with Crippen LogP contribution in [0, 0.1) is 0 Å². The average molecular weight is 381 g/mol. The molecule has 0 aromatic carbocycles. The van der Waals surface area contributed by atoms with Crippen molar-refractivity contribution < 1.29 is 0 Å². The molecule has 1 N–H and O–H groups in total. The lowest BCUT2D eigenvalue weighted by molar-refractivity contribution is -0.0502. The third-order valence-corrected chi connectivity index (χ3v) is 6.49. The van der Waals surface area contributed by atoms with E-state index >= 15 is 0 Å². The molecule has 1 aliphatic rings. The molecule has 1 heterocycles. The van der Waals surface area contributed by atoms with Crippen LogP contribution < -0.4 is 5.53 Å². The van der Waals surface area contributed by atoms with Gasteiger partial charge in [-0.15, -0.1) is 5.12 Å². The zero-order valence-corrected chi connectivity index (χ0v) is 18.9. The molecule has 0 aromatic heterocycles. The fraction of sp³-hybridized carbons (Fsp3) is 0.957. The van der Waals surface area contributed by atoms with Crippen molar-refractivity contribution in [2.45, 2.75) is 135 Å². The van der Waals surface area contributed by atoms with E-state index in [1.54, 1.807) is 0 Å². The van der Waals surface area contributed by atoms with Crippen LogP contribution in [-0.2, 0) is 0 Å². The van der Waals surface area contributed by atoms with Gasteiger partial charge in [0.2, 0.25) is 0 Å². The van der Waals surface area contributed by atoms with Crippen LogP contribution in [0.1, 0.15) is 130 Å². The number of hydrazine groups is 2. The maximum atomic E-state index is 4.20. The van der Waals surface area contributed by atoms with Crippen molar-refractivity contribution in [1.82, 2.24) is 15.7 Å². The molecular formula is C23H48N4. The van der Waals surface area contributed by atoms with Gasteiger partial charge in [-0.2, -0.15) is 5.10 Å². The largest absolute Gasteiger partial charge is 0.269 e. The van der Waals surface area contributed by atoms with Gasteiger partial charge in [-0.1, -0.05) is 111 Å². The zero-order chi connectivity index (χ0) is 19.8. The lowest BCUT2D eigenvalue weighted by Crippen LogP contribution is -2.54. The van der Waals surface area contributed by atoms with Crippen LogP contribution >= 0.6 is 0 Å². The van der Waals surface area contributed by atoms with Gasteiger partial charge in [-0.05, 0) is 19.3 Å². The first-order valence-corrected chi connectivity index (χ1v) is 12.0. The van der Waals surface area contributed by atoms with Gasteiger partial charge in [0.25, 0.3) is 0 Å². The predicted octanol–water partition coefficient (Wildman–Crippen LogP) is 7.03. The zero-order valence-electron chi connectivity index (χ0n) is 18.9. The van der Waals surface area contributed by atoms with Gasteiger partial charge in [0.15, 0.2) is 0 Å². The first kappa shape index (κ1) is 24.3. The molecule has 0 unspecified atom stereocenters. The molecule has 0 radical (unpaired) electrons. The van der Waals surface area contributed by atoms with Crippen molar-refractivity contribution >= 4 is 6.34 Å². The van der Waals surface area contributed by atoms with E-state index in [9.17, 15) is 0 Å². The van der Waals surface area contributed by atoms with E-state index in [-0.39, 0.29) is 5.54 Å². The Labute approximate surface area is 170 Å². The normalized spacial score (nSPS) is 14.9. The van der Waals surface area contributed by atoms with E-state index in [0.29, 0.717) is 0 Å². The van der Waals surface area contributed by atoms with Crippen molar-refractivity contribution in [3.8, 4) is 0 Å². The molecule has 0 atom stereocenters. The lowest BCUT2D eigenvalue weighted by Gasteiger charge is -2.43. The third kappa shape index (κ3) is 9.32. The summed E-state index contributed by atoms with van der Waals surface area (Å²) in [6.45, 7) is 6.92. The second-order valence-electron chi connectivity index (χ2n) is 8.49. The highest BCUT2D eigenvalue weighted by Crippen LogP contribution is 2.31. The minimum Gasteiger partial charge on any atom is -0.269 e. The summed E-state index contributed by atoms with van der Waals surface area (Å²) in [5, 5.41) is 8.53. The molecule has 160 valence electrons. The standard InChI is InChI=1S/C23H48N4/c1-5-8-9-10-11-12-13-14-15-16-17-18-19-20-21-23(6-2,7-3)27-22-24-25-26(27)4/h22,25H,5-21H2,1-4H3. The second kappa shape index (κ2) is 15.2. The summed E-state index contributed by atoms with van der Waals surface area (Å²) in [5.74, 6) is 0. The Morgan fingerprint density at radius 3 is 1.52 bits per heavy atom. The Balaban J connectivity index is 1.99. The topological polar surface area (TPSA) is 30.9 Å². The highest BCUT2D eigenvalue weighted by molar-refractivity contribution is 5.56. The Bertz CT molecular complexity index is 365. The highest BCUT2D eigenvalue weighted by Gasteiger charge is 2.35. The molecule has 0 amide bonds. The number of unbranched alkanes of at least 4 members (excludes halogenated alkanes) is 13. The van der Waals surface area contributed by atoms with Gasteiger partial charge >= 0.3 is 0 Å². The van der Waals surface area contributed by atoms with Crippen molar-refractivity contribution in [3.63, 3.8) is 0 Å². The van der Waals surface area contributed by atoms with Gasteiger partial charge in [-0.3, -0.25) is 5.01 Å². The smallest absolute Gasteiger partial charge is 0.129 e. The minimum atomic E-state index is 0.221. The molecule has 27 heavy (non-hydrogen) atoms. The fourth-order valence-electron chi connectivity index (χ4n) is 4.42. The Morgan fingerprint density at radius 2 is 1.15 bits per heavy atom. The minimum absolute atomic E-state index is 0.221. The van der Waals surface area contributed by atoms with Crippen LogP contribution in [0.25, 0.3) is 0 Å². The number of hydrogen-bond acceptors (Lipinski definition) is 4. The lowest BCUT2D eigenvalue weighted by atomic mass is 9.86. The van der Waals surface area contributed by atoms with Crippen molar-refractivity contribution in [1.29, 1.82) is 0 Å². The van der Waals surface area contributed by atoms with Gasteiger partial charge in [-0.25, -0.2) is 5.53 Å². The number of rotatable bonds is 18. The van der Waals surface area contributed by atoms with E-state index < -0.39 is 0 Å². The van der Waals surface area contributed by atoms with Crippen molar-refractivity contribution in [2.75, 3.05) is 7.05 Å². The van der Waals surface area contributed by atoms with Gasteiger partial charge in [0.05, 0.1) is 5.54 Å². The van der Waals surface area contributed by atoms with Crippen LogP contribution in [0.15, 0.2) is 5.10 Å². The van der Waals surface area contributed by atoms with Gasteiger partial charge < -0.3 is 0 Å². The predicted molar refractivity (Wildman–Crippen MR) is 119 cm³/mol. The molecule has 0 saturated heterocycles. The molecule has 1 aliphatic heterocycles. The van der Waals surface area contributed by atoms with E-state index in [2.05, 4.69) is 43.5 Å². The summed E-state index contributed by atoms with van der Waals surface area (Å²) in [7, 11) is 2.05. The quantitative estimate of drug-likeness (QED) is 0.259. The molecule has 1 rings (SSSR count). The Hall–Kier alpha value is -0.770. The Kier molecular flexibility index (Phi) is 13.7. The van der Waals surface area contributed by atoms with Crippen molar-refractivity contribution in [2.24, 2.45) is 5.10 Å². The maximum Gasteiger partial charge on any atom is 0.129 e. The Morgan fingerprint density at radius 1 is 0.704 bits per heavy atom. The summed E-state index contributed by atoms with van der Waals surface area (Å²) in [5.41, 5.74) is 3.24. The number of nitrogens with one attached hydrogen (secondary N) is 1. The van der Waals surface area contributed by atoms with Gasteiger partial charge in [0.1, 0.15) is 6.34 Å². The highest BCUT2D eigenvalue weighted by atomic mass is 15.9. The van der Waals surface area contributed by atoms with Crippen LogP contribution in [0.5, 0.6) is 0 Å². The first-order chi connectivity index (χ1) is 13.2. The summed E-state index contributed by atoms with van der Waals surface area (Å²) in [6.07, 6.45) is 25.5. The molecule has 0 aromatic rings. The first-order valence-electron chi connectivity index (χ1n) is 12.0. The van der Waals surface area contributed by atoms with Crippen LogP contribution in [0.4, 0.5) is 0 Å². The van der Waals surface area contributed by atoms with E-state index in [0.717, 1.165) is 0 Å². The van der Waals surface area contributed by atoms with E-state index in [1.165, 1.54) is 109 Å². The van der Waals surface area contributed by atoms with Crippen molar-refractivity contribution in [3.05, 3.63) is 0 Å². The summed E-state index contributed by atoms with van der Waals surface area (Å²) in [4.78, 5) is 0. The van der Waals surface area contributed by atoms with Crippen LogP contribution in [-0.4, -0.2) is 29.1 Å². The summed E-state index contributed by atoms with van der Waals surface area (Å²) in [6, 6.07) is 0. The molecule has 0 saturated carbocycles. The molecule has 0 spiro atoms.